The highest BCUT2D eigenvalue weighted by Crippen LogP contribution is 2.36. The third-order valence-electron chi connectivity index (χ3n) is 3.93. The van der Waals surface area contributed by atoms with Crippen molar-refractivity contribution in [1.82, 2.24) is 4.72 Å². The van der Waals surface area contributed by atoms with E-state index in [4.69, 9.17) is 0 Å². The van der Waals surface area contributed by atoms with Crippen molar-refractivity contribution in [2.24, 2.45) is 0 Å². The van der Waals surface area contributed by atoms with Gasteiger partial charge in [0.25, 0.3) is 0 Å². The van der Waals surface area contributed by atoms with E-state index in [1.54, 1.807) is 18.2 Å². The molecule has 4 nitrogen and oxygen atoms in total. The fraction of sp³-hybridized carbons (Fsp3) is 0.250. The van der Waals surface area contributed by atoms with Crippen molar-refractivity contribution in [3.8, 4) is 0 Å². The number of rotatable bonds is 4. The molecule has 0 aromatic heterocycles. The third kappa shape index (κ3) is 2.72. The van der Waals surface area contributed by atoms with E-state index < -0.39 is 15.6 Å². The summed E-state index contributed by atoms with van der Waals surface area (Å²) in [5.41, 5.74) is 0.776. The lowest BCUT2D eigenvalue weighted by Crippen LogP contribution is -2.39. The molecule has 21 heavy (non-hydrogen) atoms. The van der Waals surface area contributed by atoms with Gasteiger partial charge in [0.2, 0.25) is 10.0 Å². The second-order valence-corrected chi connectivity index (χ2v) is 7.09. The van der Waals surface area contributed by atoms with E-state index in [2.05, 4.69) is 4.72 Å². The first-order valence-electron chi connectivity index (χ1n) is 6.87. The van der Waals surface area contributed by atoms with Gasteiger partial charge in [-0.1, -0.05) is 42.5 Å². The van der Waals surface area contributed by atoms with Gasteiger partial charge in [-0.15, -0.1) is 0 Å². The van der Waals surface area contributed by atoms with E-state index >= 15 is 0 Å². The highest BCUT2D eigenvalue weighted by atomic mass is 32.2. The molecule has 0 unspecified atom stereocenters. The quantitative estimate of drug-likeness (QED) is 0.905. The van der Waals surface area contributed by atoms with Crippen LogP contribution in [0.3, 0.4) is 0 Å². The normalized spacial score (nSPS) is 21.2. The molecule has 2 aromatic rings. The third-order valence-corrected chi connectivity index (χ3v) is 5.35. The van der Waals surface area contributed by atoms with E-state index in [1.165, 1.54) is 12.1 Å². The summed E-state index contributed by atoms with van der Waals surface area (Å²) in [6, 6.07) is 15.8. The van der Waals surface area contributed by atoms with Gasteiger partial charge in [0.05, 0.1) is 4.90 Å². The molecular weight excluding hydrogens is 286 g/mol. The summed E-state index contributed by atoms with van der Waals surface area (Å²) in [5.74, 6) is 0. The van der Waals surface area contributed by atoms with E-state index in [0.29, 0.717) is 6.42 Å². The monoisotopic (exact) mass is 303 g/mol. The molecule has 0 spiro atoms. The lowest BCUT2D eigenvalue weighted by atomic mass is 9.96. The number of hydrogen-bond donors (Lipinski definition) is 2. The Balaban J connectivity index is 1.80. The molecule has 1 aliphatic rings. The number of fused-ring (bicyclic) bond motifs is 1. The minimum Gasteiger partial charge on any atom is -0.384 e. The van der Waals surface area contributed by atoms with Crippen molar-refractivity contribution in [3.05, 3.63) is 65.7 Å². The van der Waals surface area contributed by atoms with E-state index in [0.717, 1.165) is 17.5 Å². The number of aliphatic hydroxyl groups is 1. The van der Waals surface area contributed by atoms with Crippen molar-refractivity contribution in [1.29, 1.82) is 0 Å². The first-order valence-corrected chi connectivity index (χ1v) is 8.35. The SMILES string of the molecule is O=S(=O)(NC[C@@]1(O)CCc2ccccc21)c1ccccc1. The first-order chi connectivity index (χ1) is 10.0. The highest BCUT2D eigenvalue weighted by Gasteiger charge is 2.37. The van der Waals surface area contributed by atoms with Crippen LogP contribution in [-0.4, -0.2) is 20.1 Å². The van der Waals surface area contributed by atoms with E-state index in [-0.39, 0.29) is 11.4 Å². The molecule has 0 bridgehead atoms. The van der Waals surface area contributed by atoms with Crippen molar-refractivity contribution < 1.29 is 13.5 Å². The van der Waals surface area contributed by atoms with Gasteiger partial charge in [0.1, 0.15) is 5.60 Å². The number of benzene rings is 2. The van der Waals surface area contributed by atoms with Gasteiger partial charge in [-0.2, -0.15) is 0 Å². The first kappa shape index (κ1) is 14.3. The molecule has 2 N–H and O–H groups in total. The topological polar surface area (TPSA) is 66.4 Å². The standard InChI is InChI=1S/C16H17NO3S/c18-16(11-10-13-6-4-5-9-15(13)16)12-17-21(19,20)14-7-2-1-3-8-14/h1-9,17-18H,10-12H2/t16-/m0/s1. The molecule has 0 fully saturated rings. The maximum Gasteiger partial charge on any atom is 0.240 e. The second kappa shape index (κ2) is 5.26. The fourth-order valence-corrected chi connectivity index (χ4v) is 3.86. The minimum atomic E-state index is -3.60. The van der Waals surface area contributed by atoms with Gasteiger partial charge >= 0.3 is 0 Å². The molecule has 0 saturated carbocycles. The van der Waals surface area contributed by atoms with Crippen molar-refractivity contribution >= 4 is 10.0 Å². The van der Waals surface area contributed by atoms with Gasteiger partial charge < -0.3 is 5.11 Å². The van der Waals surface area contributed by atoms with Crippen LogP contribution in [0, 0.1) is 0 Å². The lowest BCUT2D eigenvalue weighted by molar-refractivity contribution is 0.0442. The van der Waals surface area contributed by atoms with Crippen LogP contribution >= 0.6 is 0 Å². The van der Waals surface area contributed by atoms with Crippen molar-refractivity contribution in [2.75, 3.05) is 6.54 Å². The molecular formula is C16H17NO3S. The van der Waals surface area contributed by atoms with Crippen LogP contribution in [-0.2, 0) is 22.0 Å². The Bertz CT molecular complexity index is 743. The fourth-order valence-electron chi connectivity index (χ4n) is 2.75. The zero-order valence-electron chi connectivity index (χ0n) is 11.5. The molecule has 0 amide bonds. The summed E-state index contributed by atoms with van der Waals surface area (Å²) in [6.07, 6.45) is 1.30. The second-order valence-electron chi connectivity index (χ2n) is 5.33. The summed E-state index contributed by atoms with van der Waals surface area (Å²) in [5, 5.41) is 10.7. The number of aryl methyl sites for hydroxylation is 1. The van der Waals surface area contributed by atoms with Crippen LogP contribution in [0.5, 0.6) is 0 Å². The predicted octanol–water partition coefficient (Wildman–Crippen LogP) is 1.80. The zero-order chi connectivity index (χ0) is 14.9. The van der Waals surface area contributed by atoms with Crippen LogP contribution in [0.2, 0.25) is 0 Å². The smallest absolute Gasteiger partial charge is 0.240 e. The van der Waals surface area contributed by atoms with Crippen molar-refractivity contribution in [3.63, 3.8) is 0 Å². The lowest BCUT2D eigenvalue weighted by Gasteiger charge is -2.24. The van der Waals surface area contributed by atoms with Crippen LogP contribution < -0.4 is 4.72 Å². The largest absolute Gasteiger partial charge is 0.384 e. The molecule has 110 valence electrons. The molecule has 3 rings (SSSR count). The molecule has 0 heterocycles. The van der Waals surface area contributed by atoms with Crippen LogP contribution in [0.4, 0.5) is 0 Å². The Morgan fingerprint density at radius 3 is 2.48 bits per heavy atom. The Morgan fingerprint density at radius 2 is 1.71 bits per heavy atom. The van der Waals surface area contributed by atoms with E-state index in [1.807, 2.05) is 24.3 Å². The Hall–Kier alpha value is -1.69. The van der Waals surface area contributed by atoms with Gasteiger partial charge in [-0.05, 0) is 36.1 Å². The Labute approximate surface area is 124 Å². The van der Waals surface area contributed by atoms with Gasteiger partial charge in [0.15, 0.2) is 0 Å². The Kier molecular flexibility index (Phi) is 3.57. The number of sulfonamides is 1. The molecule has 1 aliphatic carbocycles. The summed E-state index contributed by atoms with van der Waals surface area (Å²) >= 11 is 0. The van der Waals surface area contributed by atoms with Gasteiger partial charge in [0, 0.05) is 6.54 Å². The maximum absolute atomic E-state index is 12.2. The summed E-state index contributed by atoms with van der Waals surface area (Å²) in [7, 11) is -3.60. The summed E-state index contributed by atoms with van der Waals surface area (Å²) in [6.45, 7) is -0.0127. The van der Waals surface area contributed by atoms with Crippen LogP contribution in [0.15, 0.2) is 59.5 Å². The molecule has 0 radical (unpaired) electrons. The minimum absolute atomic E-state index is 0.0127. The Morgan fingerprint density at radius 1 is 1.05 bits per heavy atom. The average molecular weight is 303 g/mol. The average Bonchev–Trinajstić information content (AvgIpc) is 2.85. The van der Waals surface area contributed by atoms with Crippen molar-refractivity contribution in [2.45, 2.75) is 23.3 Å². The summed E-state index contributed by atoms with van der Waals surface area (Å²) < 4.78 is 27.0. The van der Waals surface area contributed by atoms with Gasteiger partial charge in [-0.3, -0.25) is 0 Å². The summed E-state index contributed by atoms with van der Waals surface area (Å²) in [4.78, 5) is 0.208. The highest BCUT2D eigenvalue weighted by molar-refractivity contribution is 7.89. The molecule has 1 atom stereocenters. The number of nitrogens with one attached hydrogen (secondary N) is 1. The van der Waals surface area contributed by atoms with Gasteiger partial charge in [-0.25, -0.2) is 13.1 Å². The van der Waals surface area contributed by atoms with Crippen LogP contribution in [0.25, 0.3) is 0 Å². The molecule has 0 saturated heterocycles. The molecule has 2 aromatic carbocycles. The van der Waals surface area contributed by atoms with E-state index in [9.17, 15) is 13.5 Å². The molecule has 5 heteroatoms. The van der Waals surface area contributed by atoms with Crippen LogP contribution in [0.1, 0.15) is 17.5 Å². The molecule has 0 aliphatic heterocycles. The zero-order valence-corrected chi connectivity index (χ0v) is 12.3. The number of hydrogen-bond acceptors (Lipinski definition) is 3. The predicted molar refractivity (Wildman–Crippen MR) is 80.3 cm³/mol. The maximum atomic E-state index is 12.2.